The fraction of sp³-hybridized carbons (Fsp3) is 0.300. The largest absolute Gasteiger partial charge is 0.508 e. The van der Waals surface area contributed by atoms with Gasteiger partial charge in [0.1, 0.15) is 23.4 Å². The zero-order chi connectivity index (χ0) is 17.8. The van der Waals surface area contributed by atoms with Crippen LogP contribution in [0.2, 0.25) is 0 Å². The van der Waals surface area contributed by atoms with Crippen LogP contribution in [0.5, 0.6) is 17.2 Å². The molecule has 0 aromatic heterocycles. The van der Waals surface area contributed by atoms with Crippen molar-refractivity contribution in [3.05, 3.63) is 59.7 Å². The third-order valence-corrected chi connectivity index (χ3v) is 5.18. The smallest absolute Gasteiger partial charge is 0.249 e. The Balaban J connectivity index is 1.86. The Hall–Kier alpha value is -2.56. The van der Waals surface area contributed by atoms with Gasteiger partial charge in [-0.25, -0.2) is 8.78 Å². The van der Waals surface area contributed by atoms with E-state index in [2.05, 4.69) is 6.58 Å². The van der Waals surface area contributed by atoms with Crippen molar-refractivity contribution in [1.29, 1.82) is 0 Å². The predicted molar refractivity (Wildman–Crippen MR) is 90.1 cm³/mol. The third-order valence-electron chi connectivity index (χ3n) is 5.18. The lowest BCUT2D eigenvalue weighted by molar-refractivity contribution is -0.00232. The van der Waals surface area contributed by atoms with E-state index >= 15 is 0 Å². The Morgan fingerprint density at radius 2 is 1.80 bits per heavy atom. The van der Waals surface area contributed by atoms with E-state index < -0.39 is 23.9 Å². The number of fused-ring (bicyclic) bond motifs is 3. The first-order chi connectivity index (χ1) is 11.9. The van der Waals surface area contributed by atoms with Crippen molar-refractivity contribution in [2.24, 2.45) is 5.92 Å². The Morgan fingerprint density at radius 1 is 1.08 bits per heavy atom. The van der Waals surface area contributed by atoms with Crippen LogP contribution in [0, 0.1) is 5.92 Å². The van der Waals surface area contributed by atoms with Gasteiger partial charge in [-0.1, -0.05) is 24.8 Å². The second-order valence-electron chi connectivity index (χ2n) is 6.82. The van der Waals surface area contributed by atoms with E-state index in [9.17, 15) is 19.0 Å². The van der Waals surface area contributed by atoms with Crippen LogP contribution in [0.1, 0.15) is 41.6 Å². The molecule has 0 spiro atoms. The molecule has 1 saturated carbocycles. The first-order valence-electron chi connectivity index (χ1n) is 8.21. The van der Waals surface area contributed by atoms with Gasteiger partial charge >= 0.3 is 0 Å². The summed E-state index contributed by atoms with van der Waals surface area (Å²) in [7, 11) is 0. The summed E-state index contributed by atoms with van der Waals surface area (Å²) in [4.78, 5) is 0. The van der Waals surface area contributed by atoms with Gasteiger partial charge < -0.3 is 14.9 Å². The Morgan fingerprint density at radius 3 is 2.48 bits per heavy atom. The first-order valence-corrected chi connectivity index (χ1v) is 8.21. The second kappa shape index (κ2) is 5.48. The van der Waals surface area contributed by atoms with Crippen molar-refractivity contribution < 1.29 is 23.7 Å². The van der Waals surface area contributed by atoms with E-state index in [0.29, 0.717) is 16.9 Å². The monoisotopic (exact) mass is 344 g/mol. The molecular formula is C20H18F2O3. The van der Waals surface area contributed by atoms with Gasteiger partial charge in [-0.15, -0.1) is 0 Å². The minimum absolute atomic E-state index is 0.0225. The average molecular weight is 344 g/mol. The zero-order valence-corrected chi connectivity index (χ0v) is 13.5. The molecule has 5 heteroatoms. The van der Waals surface area contributed by atoms with Crippen LogP contribution in [0.3, 0.4) is 0 Å². The van der Waals surface area contributed by atoms with Crippen LogP contribution in [0.4, 0.5) is 8.78 Å². The first kappa shape index (κ1) is 15.9. The van der Waals surface area contributed by atoms with Gasteiger partial charge in [0.05, 0.1) is 0 Å². The van der Waals surface area contributed by atoms with Crippen LogP contribution in [0.25, 0.3) is 6.08 Å². The predicted octanol–water partition coefficient (Wildman–Crippen LogP) is 5.00. The third kappa shape index (κ3) is 2.64. The molecule has 1 aliphatic heterocycles. The molecule has 3 nitrogen and oxygen atoms in total. The summed E-state index contributed by atoms with van der Waals surface area (Å²) in [5.41, 5.74) is 1.96. The molecule has 2 aromatic carbocycles. The minimum Gasteiger partial charge on any atom is -0.508 e. The molecule has 1 aliphatic carbocycles. The molecule has 2 aliphatic rings. The van der Waals surface area contributed by atoms with Gasteiger partial charge in [0.2, 0.25) is 5.92 Å². The van der Waals surface area contributed by atoms with Gasteiger partial charge in [-0.2, -0.15) is 0 Å². The van der Waals surface area contributed by atoms with Crippen molar-refractivity contribution in [3.63, 3.8) is 0 Å². The number of hydrogen-bond acceptors (Lipinski definition) is 3. The highest BCUT2D eigenvalue weighted by atomic mass is 19.3. The lowest BCUT2D eigenvalue weighted by Crippen LogP contribution is -2.27. The Kier molecular flexibility index (Phi) is 3.49. The van der Waals surface area contributed by atoms with E-state index in [1.807, 2.05) is 0 Å². The van der Waals surface area contributed by atoms with Gasteiger partial charge in [0, 0.05) is 35.8 Å². The number of rotatable bonds is 2. The minimum atomic E-state index is -2.77. The summed E-state index contributed by atoms with van der Waals surface area (Å²) in [6.07, 6.45) is 0.499. The van der Waals surface area contributed by atoms with Crippen LogP contribution >= 0.6 is 0 Å². The molecule has 3 atom stereocenters. The van der Waals surface area contributed by atoms with Crippen LogP contribution in [0.15, 0.2) is 43.0 Å². The summed E-state index contributed by atoms with van der Waals surface area (Å²) in [5, 5.41) is 19.4. The van der Waals surface area contributed by atoms with E-state index in [1.54, 1.807) is 18.2 Å². The highest BCUT2D eigenvalue weighted by molar-refractivity contribution is 5.63. The zero-order valence-electron chi connectivity index (χ0n) is 13.5. The number of benzene rings is 2. The molecule has 2 N–H and O–H groups in total. The van der Waals surface area contributed by atoms with E-state index in [1.165, 1.54) is 24.3 Å². The van der Waals surface area contributed by atoms with E-state index in [-0.39, 0.29) is 24.3 Å². The normalized spacial score (nSPS) is 26.4. The van der Waals surface area contributed by atoms with Crippen molar-refractivity contribution in [3.8, 4) is 17.2 Å². The molecular weight excluding hydrogens is 326 g/mol. The number of ether oxygens (including phenoxy) is 1. The van der Waals surface area contributed by atoms with E-state index in [0.717, 1.165) is 5.56 Å². The van der Waals surface area contributed by atoms with Gasteiger partial charge in [0.25, 0.3) is 0 Å². The molecule has 0 saturated heterocycles. The summed E-state index contributed by atoms with van der Waals surface area (Å²) >= 11 is 0. The maximum absolute atomic E-state index is 14.2. The summed E-state index contributed by atoms with van der Waals surface area (Å²) in [6.45, 7) is 3.73. The maximum atomic E-state index is 14.2. The molecule has 1 fully saturated rings. The molecule has 0 amide bonds. The van der Waals surface area contributed by atoms with Crippen molar-refractivity contribution >= 4 is 6.08 Å². The van der Waals surface area contributed by atoms with Gasteiger partial charge in [-0.05, 0) is 29.8 Å². The number of aromatic hydroxyl groups is 2. The Labute approximate surface area is 144 Å². The molecule has 0 bridgehead atoms. The SMILES string of the molecule is C=Cc1cc(O)cc2c1OC(c1ccc(O)cc1)C1CC(F)(F)CC21. The number of phenolic OH excluding ortho intramolecular Hbond substituents is 2. The summed E-state index contributed by atoms with van der Waals surface area (Å²) in [5.74, 6) is -2.92. The molecule has 25 heavy (non-hydrogen) atoms. The van der Waals surface area contributed by atoms with Crippen LogP contribution < -0.4 is 4.74 Å². The van der Waals surface area contributed by atoms with Crippen molar-refractivity contribution in [1.82, 2.24) is 0 Å². The maximum Gasteiger partial charge on any atom is 0.249 e. The quantitative estimate of drug-likeness (QED) is 0.806. The van der Waals surface area contributed by atoms with Crippen LogP contribution in [-0.4, -0.2) is 16.1 Å². The van der Waals surface area contributed by atoms with Gasteiger partial charge in [-0.3, -0.25) is 0 Å². The fourth-order valence-corrected chi connectivity index (χ4v) is 4.12. The highest BCUT2D eigenvalue weighted by Crippen LogP contribution is 2.59. The molecule has 130 valence electrons. The standard InChI is InChI=1S/C20H18F2O3/c1-2-11-7-14(24)8-15-16-9-20(21,22)10-17(16)19(25-18(11)15)12-3-5-13(23)6-4-12/h2-8,16-17,19,23-24H,1,9-10H2. The fourth-order valence-electron chi connectivity index (χ4n) is 4.12. The molecule has 3 unspecified atom stereocenters. The number of hydrogen-bond donors (Lipinski definition) is 2. The van der Waals surface area contributed by atoms with Crippen molar-refractivity contribution in [2.45, 2.75) is 30.8 Å². The summed E-state index contributed by atoms with van der Waals surface area (Å²) in [6, 6.07) is 9.50. The highest BCUT2D eigenvalue weighted by Gasteiger charge is 2.53. The Bertz CT molecular complexity index is 830. The number of phenols is 2. The lowest BCUT2D eigenvalue weighted by atomic mass is 9.79. The molecule has 2 aromatic rings. The lowest BCUT2D eigenvalue weighted by Gasteiger charge is -2.37. The van der Waals surface area contributed by atoms with Gasteiger partial charge in [0.15, 0.2) is 0 Å². The van der Waals surface area contributed by atoms with E-state index in [4.69, 9.17) is 4.74 Å². The van der Waals surface area contributed by atoms with Crippen molar-refractivity contribution in [2.75, 3.05) is 0 Å². The molecule has 1 heterocycles. The number of alkyl halides is 2. The molecule has 4 rings (SSSR count). The number of halogens is 2. The van der Waals surface area contributed by atoms with Crippen LogP contribution in [-0.2, 0) is 0 Å². The molecule has 0 radical (unpaired) electrons. The summed E-state index contributed by atoms with van der Waals surface area (Å²) < 4.78 is 34.5. The second-order valence-corrected chi connectivity index (χ2v) is 6.82. The topological polar surface area (TPSA) is 49.7 Å². The average Bonchev–Trinajstić information content (AvgIpc) is 2.90.